The molecule has 3 N–H and O–H groups in total. The van der Waals surface area contributed by atoms with E-state index in [1.807, 2.05) is 16.8 Å². The third-order valence-electron chi connectivity index (χ3n) is 2.80. The van der Waals surface area contributed by atoms with Gasteiger partial charge in [-0.15, -0.1) is 0 Å². The Morgan fingerprint density at radius 2 is 2.14 bits per heavy atom. The van der Waals surface area contributed by atoms with Crippen molar-refractivity contribution in [2.75, 3.05) is 6.54 Å². The van der Waals surface area contributed by atoms with Crippen LogP contribution in [0.15, 0.2) is 39.9 Å². The van der Waals surface area contributed by atoms with Crippen LogP contribution in [-0.4, -0.2) is 20.0 Å². The molecule has 0 aliphatic rings. The maximum absolute atomic E-state index is 12.2. The number of thiophene rings is 1. The number of hydrogen-bond donors (Lipinski definition) is 2. The molecule has 1 heterocycles. The number of rotatable bonds is 6. The molecule has 0 spiro atoms. The van der Waals surface area contributed by atoms with Crippen molar-refractivity contribution in [3.05, 3.63) is 51.2 Å². The van der Waals surface area contributed by atoms with Crippen LogP contribution in [0, 0.1) is 0 Å². The monoisotopic (exact) mass is 360 g/mol. The van der Waals surface area contributed by atoms with Gasteiger partial charge in [0.25, 0.3) is 0 Å². The van der Waals surface area contributed by atoms with Crippen LogP contribution < -0.4 is 10.5 Å². The van der Waals surface area contributed by atoms with Gasteiger partial charge in [-0.2, -0.15) is 11.3 Å². The molecule has 1 aromatic carbocycles. The second-order valence-electron chi connectivity index (χ2n) is 4.29. The zero-order valence-corrected chi connectivity index (χ0v) is 14.1. The number of hydrogen-bond acceptors (Lipinski definition) is 4. The lowest BCUT2D eigenvalue weighted by Gasteiger charge is -2.08. The number of halogens is 1. The van der Waals surface area contributed by atoms with Gasteiger partial charge in [0, 0.05) is 12.1 Å². The average Bonchev–Trinajstić information content (AvgIpc) is 2.91. The van der Waals surface area contributed by atoms with Crippen LogP contribution in [0.1, 0.15) is 11.1 Å². The summed E-state index contributed by atoms with van der Waals surface area (Å²) in [7, 11) is -3.59. The summed E-state index contributed by atoms with van der Waals surface area (Å²) in [5, 5.41) is 4.17. The Morgan fingerprint density at radius 3 is 2.71 bits per heavy atom. The first-order valence-electron chi connectivity index (χ1n) is 6.00. The van der Waals surface area contributed by atoms with Gasteiger partial charge in [0.05, 0.1) is 9.92 Å². The zero-order chi connectivity index (χ0) is 15.5. The van der Waals surface area contributed by atoms with Crippen LogP contribution in [0.4, 0.5) is 0 Å². The quantitative estimate of drug-likeness (QED) is 0.776. The fraction of sp³-hybridized carbons (Fsp3) is 0.154. The van der Waals surface area contributed by atoms with Gasteiger partial charge < -0.3 is 5.73 Å². The van der Waals surface area contributed by atoms with Crippen molar-refractivity contribution in [1.29, 1.82) is 0 Å². The number of benzene rings is 1. The highest BCUT2D eigenvalue weighted by atomic mass is 35.5. The maximum atomic E-state index is 12.2. The Labute approximate surface area is 138 Å². The number of nitrogens with two attached hydrogens (primary N) is 1. The van der Waals surface area contributed by atoms with E-state index in [9.17, 15) is 8.42 Å². The van der Waals surface area contributed by atoms with Crippen LogP contribution in [0.25, 0.3) is 0 Å². The lowest BCUT2D eigenvalue weighted by molar-refractivity contribution is 0.581. The van der Waals surface area contributed by atoms with Crippen LogP contribution >= 0.6 is 35.2 Å². The molecule has 4 nitrogen and oxygen atoms in total. The summed E-state index contributed by atoms with van der Waals surface area (Å²) in [6.45, 7) is 0.327. The number of nitrogens with one attached hydrogen (secondary N) is 1. The molecule has 21 heavy (non-hydrogen) atoms. The van der Waals surface area contributed by atoms with E-state index >= 15 is 0 Å². The third-order valence-corrected chi connectivity index (χ3v) is 5.53. The van der Waals surface area contributed by atoms with Crippen molar-refractivity contribution in [2.24, 2.45) is 5.73 Å². The minimum atomic E-state index is -3.59. The molecular formula is C13H13ClN2O2S3. The smallest absolute Gasteiger partial charge is 0.240 e. The molecule has 2 aromatic rings. The van der Waals surface area contributed by atoms with Crippen molar-refractivity contribution in [2.45, 2.75) is 11.3 Å². The number of sulfonamides is 1. The van der Waals surface area contributed by atoms with Crippen LogP contribution in [0.3, 0.4) is 0 Å². The van der Waals surface area contributed by atoms with E-state index in [0.29, 0.717) is 18.5 Å². The van der Waals surface area contributed by atoms with Crippen LogP contribution in [0.5, 0.6) is 0 Å². The molecule has 0 unspecified atom stereocenters. The van der Waals surface area contributed by atoms with Gasteiger partial charge in [-0.3, -0.25) is 0 Å². The summed E-state index contributed by atoms with van der Waals surface area (Å²) in [6.07, 6.45) is 0.640. The fourth-order valence-corrected chi connectivity index (χ4v) is 4.05. The molecular weight excluding hydrogens is 348 g/mol. The Hall–Kier alpha value is -0.990. The van der Waals surface area contributed by atoms with Gasteiger partial charge in [0.2, 0.25) is 10.0 Å². The molecule has 112 valence electrons. The number of thiocarbonyl (C=S) groups is 1. The lowest BCUT2D eigenvalue weighted by Crippen LogP contribution is -2.26. The fourth-order valence-electron chi connectivity index (χ4n) is 1.71. The molecule has 0 aliphatic heterocycles. The van der Waals surface area contributed by atoms with E-state index in [4.69, 9.17) is 29.6 Å². The maximum Gasteiger partial charge on any atom is 0.240 e. The van der Waals surface area contributed by atoms with Gasteiger partial charge in [-0.25, -0.2) is 13.1 Å². The predicted molar refractivity (Wildman–Crippen MR) is 90.6 cm³/mol. The van der Waals surface area contributed by atoms with E-state index in [2.05, 4.69) is 4.72 Å². The first-order valence-corrected chi connectivity index (χ1v) is 9.21. The highest BCUT2D eigenvalue weighted by Crippen LogP contribution is 2.20. The molecule has 0 saturated carbocycles. The van der Waals surface area contributed by atoms with Crippen LogP contribution in [-0.2, 0) is 16.4 Å². The summed E-state index contributed by atoms with van der Waals surface area (Å²) in [5.74, 6) is 0. The minimum Gasteiger partial charge on any atom is -0.389 e. The average molecular weight is 361 g/mol. The molecule has 0 radical (unpaired) electrons. The molecule has 0 bridgehead atoms. The van der Waals surface area contributed by atoms with Gasteiger partial charge >= 0.3 is 0 Å². The summed E-state index contributed by atoms with van der Waals surface area (Å²) < 4.78 is 26.9. The van der Waals surface area contributed by atoms with Gasteiger partial charge in [-0.05, 0) is 47.0 Å². The molecule has 0 fully saturated rings. The van der Waals surface area contributed by atoms with Crippen molar-refractivity contribution in [3.63, 3.8) is 0 Å². The van der Waals surface area contributed by atoms with Gasteiger partial charge in [0.1, 0.15) is 4.99 Å². The Bertz CT molecular complexity index is 743. The first kappa shape index (κ1) is 16.4. The molecule has 8 heteroatoms. The third kappa shape index (κ3) is 4.24. The molecule has 0 saturated heterocycles. The molecule has 0 amide bonds. The first-order chi connectivity index (χ1) is 9.90. The van der Waals surface area contributed by atoms with Crippen molar-refractivity contribution >= 4 is 50.2 Å². The molecule has 2 rings (SSSR count). The summed E-state index contributed by atoms with van der Waals surface area (Å²) in [6, 6.07) is 6.27. The SMILES string of the molecule is NC(=S)c1ccc(S(=O)(=O)NCCc2ccsc2)cc1Cl. The van der Waals surface area contributed by atoms with E-state index in [-0.39, 0.29) is 14.9 Å². The lowest BCUT2D eigenvalue weighted by atomic mass is 10.2. The molecule has 0 aliphatic carbocycles. The summed E-state index contributed by atoms with van der Waals surface area (Å²) >= 11 is 12.4. The Morgan fingerprint density at radius 1 is 1.38 bits per heavy atom. The topological polar surface area (TPSA) is 72.2 Å². The second kappa shape index (κ2) is 6.85. The standard InChI is InChI=1S/C13H13ClN2O2S3/c14-12-7-10(1-2-11(12)13(15)19)21(17,18)16-5-3-9-4-6-20-8-9/h1-2,4,6-8,16H,3,5H2,(H2,15,19). The van der Waals surface area contributed by atoms with Gasteiger partial charge in [-0.1, -0.05) is 23.8 Å². The van der Waals surface area contributed by atoms with E-state index in [1.54, 1.807) is 11.3 Å². The highest BCUT2D eigenvalue weighted by molar-refractivity contribution is 7.89. The zero-order valence-electron chi connectivity index (χ0n) is 10.9. The van der Waals surface area contributed by atoms with Crippen LogP contribution in [0.2, 0.25) is 5.02 Å². The van der Waals surface area contributed by atoms with Crippen molar-refractivity contribution < 1.29 is 8.42 Å². The predicted octanol–water partition coefficient (Wildman–Crippen LogP) is 2.56. The van der Waals surface area contributed by atoms with Crippen molar-refractivity contribution in [3.8, 4) is 0 Å². The normalized spacial score (nSPS) is 11.5. The van der Waals surface area contributed by atoms with E-state index in [0.717, 1.165) is 5.56 Å². The van der Waals surface area contributed by atoms with E-state index < -0.39 is 10.0 Å². The van der Waals surface area contributed by atoms with Gasteiger partial charge in [0.15, 0.2) is 0 Å². The molecule has 1 aromatic heterocycles. The molecule has 0 atom stereocenters. The Balaban J connectivity index is 2.08. The van der Waals surface area contributed by atoms with E-state index in [1.165, 1.54) is 18.2 Å². The second-order valence-corrected chi connectivity index (χ2v) is 7.68. The minimum absolute atomic E-state index is 0.0952. The van der Waals surface area contributed by atoms with Crippen molar-refractivity contribution in [1.82, 2.24) is 4.72 Å². The largest absolute Gasteiger partial charge is 0.389 e. The summed E-state index contributed by atoms with van der Waals surface area (Å²) in [5.41, 5.74) is 7.05. The highest BCUT2D eigenvalue weighted by Gasteiger charge is 2.15. The summed E-state index contributed by atoms with van der Waals surface area (Å²) in [4.78, 5) is 0.229. The Kier molecular flexibility index (Phi) is 5.34.